The summed E-state index contributed by atoms with van der Waals surface area (Å²) in [4.78, 5) is 0. The summed E-state index contributed by atoms with van der Waals surface area (Å²) in [5.41, 5.74) is 4.32. The summed E-state index contributed by atoms with van der Waals surface area (Å²) in [7, 11) is 0. The molecule has 1 atom stereocenters. The molecule has 0 N–H and O–H groups in total. The van der Waals surface area contributed by atoms with Crippen molar-refractivity contribution in [1.82, 2.24) is 0 Å². The first-order valence-corrected chi connectivity index (χ1v) is 4.81. The summed E-state index contributed by atoms with van der Waals surface area (Å²) in [6.07, 6.45) is 18.9. The van der Waals surface area contributed by atoms with Crippen LogP contribution in [-0.2, 0) is 0 Å². The molecule has 0 aromatic rings. The smallest absolute Gasteiger partial charge is 0.0101 e. The summed E-state index contributed by atoms with van der Waals surface area (Å²) < 4.78 is 0. The van der Waals surface area contributed by atoms with Crippen LogP contribution >= 0.6 is 0 Å². The number of hydrogen-bond donors (Lipinski definition) is 0. The molecule has 3 aliphatic rings. The quantitative estimate of drug-likeness (QED) is 0.486. The number of fused-ring (bicyclic) bond motifs is 3. The minimum Gasteiger partial charge on any atom is -0.0873 e. The fourth-order valence-corrected chi connectivity index (χ4v) is 2.27. The Morgan fingerprint density at radius 2 is 2.23 bits per heavy atom. The Morgan fingerprint density at radius 3 is 3.23 bits per heavy atom. The molecule has 13 heavy (non-hydrogen) atoms. The van der Waals surface area contributed by atoms with Gasteiger partial charge in [0.25, 0.3) is 0 Å². The van der Waals surface area contributed by atoms with Crippen molar-refractivity contribution < 1.29 is 0 Å². The van der Waals surface area contributed by atoms with Crippen molar-refractivity contribution in [3.63, 3.8) is 0 Å². The van der Waals surface area contributed by atoms with Crippen LogP contribution in [-0.4, -0.2) is 0 Å². The number of hydrogen-bond acceptors (Lipinski definition) is 0. The average molecular weight is 167 g/mol. The molecule has 63 valence electrons. The highest BCUT2D eigenvalue weighted by Crippen LogP contribution is 2.39. The van der Waals surface area contributed by atoms with Gasteiger partial charge in [0.05, 0.1) is 0 Å². The second kappa shape index (κ2) is 2.59. The molecule has 0 saturated carbocycles. The predicted molar refractivity (Wildman–Crippen MR) is 53.9 cm³/mol. The van der Waals surface area contributed by atoms with Gasteiger partial charge >= 0.3 is 0 Å². The number of allylic oxidation sites excluding steroid dienone is 10. The van der Waals surface area contributed by atoms with Crippen LogP contribution in [0.2, 0.25) is 0 Å². The molecule has 0 aliphatic heterocycles. The van der Waals surface area contributed by atoms with Crippen LogP contribution in [0.15, 0.2) is 53.2 Å². The lowest BCUT2D eigenvalue weighted by atomic mass is 9.78. The summed E-state index contributed by atoms with van der Waals surface area (Å²) in [5.74, 6) is 0.625. The fourth-order valence-electron chi connectivity index (χ4n) is 2.27. The van der Waals surface area contributed by atoms with Crippen LogP contribution in [0.1, 0.15) is 12.8 Å². The van der Waals surface area contributed by atoms with Gasteiger partial charge in [0, 0.05) is 5.92 Å². The summed E-state index contributed by atoms with van der Waals surface area (Å²) in [6, 6.07) is 0. The van der Waals surface area contributed by atoms with Crippen molar-refractivity contribution in [2.75, 3.05) is 0 Å². The molecule has 1 radical (unpaired) electrons. The van der Waals surface area contributed by atoms with E-state index in [1.807, 2.05) is 6.08 Å². The Kier molecular flexibility index (Phi) is 1.42. The average Bonchev–Trinajstić information content (AvgIpc) is 2.65. The van der Waals surface area contributed by atoms with Gasteiger partial charge in [-0.25, -0.2) is 0 Å². The van der Waals surface area contributed by atoms with Gasteiger partial charge < -0.3 is 0 Å². The minimum atomic E-state index is 0.625. The molecule has 0 aromatic heterocycles. The topological polar surface area (TPSA) is 0 Å². The van der Waals surface area contributed by atoms with Crippen LogP contribution in [0.5, 0.6) is 0 Å². The van der Waals surface area contributed by atoms with E-state index >= 15 is 0 Å². The van der Waals surface area contributed by atoms with Crippen LogP contribution in [0.25, 0.3) is 0 Å². The van der Waals surface area contributed by atoms with E-state index < -0.39 is 0 Å². The molecule has 3 rings (SSSR count). The molecule has 0 fully saturated rings. The Labute approximate surface area is 78.7 Å². The van der Waals surface area contributed by atoms with Gasteiger partial charge in [0.2, 0.25) is 0 Å². The highest BCUT2D eigenvalue weighted by molar-refractivity contribution is 5.55. The zero-order valence-corrected chi connectivity index (χ0v) is 7.46. The minimum absolute atomic E-state index is 0.625. The van der Waals surface area contributed by atoms with Gasteiger partial charge in [-0.05, 0) is 30.1 Å². The van der Waals surface area contributed by atoms with Crippen molar-refractivity contribution in [2.24, 2.45) is 5.92 Å². The van der Waals surface area contributed by atoms with Crippen LogP contribution in [0.4, 0.5) is 0 Å². The Hall–Kier alpha value is -1.30. The molecular formula is C13H11. The maximum atomic E-state index is 3.35. The molecule has 0 spiro atoms. The van der Waals surface area contributed by atoms with Crippen LogP contribution in [0, 0.1) is 12.0 Å². The first kappa shape index (κ1) is 7.14. The molecule has 3 aliphatic carbocycles. The largest absolute Gasteiger partial charge is 0.0873 e. The van der Waals surface area contributed by atoms with E-state index in [-0.39, 0.29) is 0 Å². The highest BCUT2D eigenvalue weighted by atomic mass is 14.3. The molecular weight excluding hydrogens is 156 g/mol. The first-order valence-electron chi connectivity index (χ1n) is 4.81. The second-order valence-electron chi connectivity index (χ2n) is 3.72. The van der Waals surface area contributed by atoms with Gasteiger partial charge in [0.1, 0.15) is 0 Å². The van der Waals surface area contributed by atoms with E-state index in [9.17, 15) is 0 Å². The molecule has 0 heteroatoms. The van der Waals surface area contributed by atoms with Crippen molar-refractivity contribution in [3.05, 3.63) is 59.3 Å². The first-order chi connectivity index (χ1) is 6.45. The number of rotatable bonds is 0. The monoisotopic (exact) mass is 167 g/mol. The molecule has 0 saturated heterocycles. The third-order valence-corrected chi connectivity index (χ3v) is 2.98. The van der Waals surface area contributed by atoms with Gasteiger partial charge in [-0.2, -0.15) is 0 Å². The predicted octanol–water partition coefficient (Wildman–Crippen LogP) is 3.12. The lowest BCUT2D eigenvalue weighted by molar-refractivity contribution is 0.690. The summed E-state index contributed by atoms with van der Waals surface area (Å²) in [5, 5.41) is 0. The Bertz CT molecular complexity index is 386. The van der Waals surface area contributed by atoms with Gasteiger partial charge in [-0.15, -0.1) is 0 Å². The third kappa shape index (κ3) is 0.983. The highest BCUT2D eigenvalue weighted by Gasteiger charge is 2.25. The van der Waals surface area contributed by atoms with E-state index in [4.69, 9.17) is 0 Å². The molecule has 0 nitrogen and oxygen atoms in total. The lowest BCUT2D eigenvalue weighted by Crippen LogP contribution is -2.12. The Morgan fingerprint density at radius 1 is 1.23 bits per heavy atom. The van der Waals surface area contributed by atoms with Crippen LogP contribution in [0.3, 0.4) is 0 Å². The van der Waals surface area contributed by atoms with Crippen molar-refractivity contribution in [3.8, 4) is 0 Å². The van der Waals surface area contributed by atoms with Crippen LogP contribution < -0.4 is 0 Å². The zero-order valence-electron chi connectivity index (χ0n) is 7.46. The lowest BCUT2D eigenvalue weighted by Gasteiger charge is -2.26. The maximum Gasteiger partial charge on any atom is 0.0101 e. The molecule has 1 unspecified atom stereocenters. The van der Waals surface area contributed by atoms with Gasteiger partial charge in [0.15, 0.2) is 0 Å². The van der Waals surface area contributed by atoms with E-state index in [1.54, 1.807) is 5.57 Å². The second-order valence-corrected chi connectivity index (χ2v) is 3.72. The SMILES string of the molecule is [C]1=C2C(=CC=C3CC=CCC23)C=C1. The zero-order chi connectivity index (χ0) is 8.67. The summed E-state index contributed by atoms with van der Waals surface area (Å²) >= 11 is 0. The van der Waals surface area contributed by atoms with Crippen molar-refractivity contribution in [2.45, 2.75) is 12.8 Å². The molecule has 0 bridgehead atoms. The normalized spacial score (nSPS) is 28.9. The standard InChI is InChI=1S/C13H11/c1-2-6-12-10(4-1)8-9-11-5-3-7-13(11)12/h1-3,5,8-9,12H,4,6H2. The third-order valence-electron chi connectivity index (χ3n) is 2.98. The maximum absolute atomic E-state index is 3.35. The molecule has 0 aromatic carbocycles. The molecule has 0 heterocycles. The molecule has 0 amide bonds. The van der Waals surface area contributed by atoms with E-state index in [2.05, 4.69) is 36.5 Å². The fraction of sp³-hybridized carbons (Fsp3) is 0.231. The summed E-state index contributed by atoms with van der Waals surface area (Å²) in [6.45, 7) is 0. The Balaban J connectivity index is 2.08. The van der Waals surface area contributed by atoms with Crippen molar-refractivity contribution in [1.29, 1.82) is 0 Å². The van der Waals surface area contributed by atoms with E-state index in [0.29, 0.717) is 5.92 Å². The van der Waals surface area contributed by atoms with E-state index in [1.165, 1.54) is 11.1 Å². The van der Waals surface area contributed by atoms with Gasteiger partial charge in [-0.3, -0.25) is 0 Å². The van der Waals surface area contributed by atoms with Gasteiger partial charge in [-0.1, -0.05) is 42.0 Å². The van der Waals surface area contributed by atoms with E-state index in [0.717, 1.165) is 12.8 Å². The van der Waals surface area contributed by atoms with Crippen molar-refractivity contribution >= 4 is 0 Å².